The Balaban J connectivity index is 1.87. The molecule has 1 aliphatic rings. The van der Waals surface area contributed by atoms with E-state index in [-0.39, 0.29) is 5.82 Å². The monoisotopic (exact) mass is 236 g/mol. The molecule has 17 heavy (non-hydrogen) atoms. The van der Waals surface area contributed by atoms with Crippen molar-refractivity contribution in [2.45, 2.75) is 25.8 Å². The summed E-state index contributed by atoms with van der Waals surface area (Å²) in [6, 6.07) is 6.83. The number of halogens is 1. The van der Waals surface area contributed by atoms with Crippen LogP contribution >= 0.6 is 0 Å². The second-order valence-electron chi connectivity index (χ2n) is 4.95. The quantitative estimate of drug-likeness (QED) is 0.869. The van der Waals surface area contributed by atoms with Crippen molar-refractivity contribution in [2.24, 2.45) is 11.7 Å². The number of piperidine rings is 1. The van der Waals surface area contributed by atoms with Crippen LogP contribution in [0.2, 0.25) is 0 Å². The summed E-state index contributed by atoms with van der Waals surface area (Å²) in [7, 11) is 0. The molecule has 0 bridgehead atoms. The van der Waals surface area contributed by atoms with Gasteiger partial charge >= 0.3 is 0 Å². The van der Waals surface area contributed by atoms with Gasteiger partial charge in [-0.15, -0.1) is 0 Å². The molecular weight excluding hydrogens is 215 g/mol. The van der Waals surface area contributed by atoms with Gasteiger partial charge < -0.3 is 5.73 Å². The summed E-state index contributed by atoms with van der Waals surface area (Å²) in [5.74, 6) is 0.586. The number of likely N-dealkylation sites (tertiary alicyclic amines) is 1. The van der Waals surface area contributed by atoms with Crippen LogP contribution in [-0.2, 0) is 6.54 Å². The number of hydrogen-bond donors (Lipinski definition) is 1. The number of rotatable bonds is 4. The lowest BCUT2D eigenvalue weighted by Gasteiger charge is -2.32. The van der Waals surface area contributed by atoms with Crippen LogP contribution in [0.1, 0.15) is 24.8 Å². The van der Waals surface area contributed by atoms with Crippen molar-refractivity contribution in [3.8, 4) is 0 Å². The Hall–Kier alpha value is -0.930. The Morgan fingerprint density at radius 3 is 2.76 bits per heavy atom. The maximum Gasteiger partial charge on any atom is 0.123 e. The molecule has 1 fully saturated rings. The highest BCUT2D eigenvalue weighted by Gasteiger charge is 2.19. The molecule has 0 aromatic heterocycles. The third kappa shape index (κ3) is 3.79. The van der Waals surface area contributed by atoms with Gasteiger partial charge in [-0.1, -0.05) is 12.1 Å². The van der Waals surface area contributed by atoms with Crippen molar-refractivity contribution in [3.63, 3.8) is 0 Å². The highest BCUT2D eigenvalue weighted by atomic mass is 19.1. The van der Waals surface area contributed by atoms with E-state index < -0.39 is 0 Å². The minimum Gasteiger partial charge on any atom is -0.330 e. The molecule has 0 aliphatic carbocycles. The lowest BCUT2D eigenvalue weighted by Crippen LogP contribution is -2.35. The Morgan fingerprint density at radius 1 is 1.29 bits per heavy atom. The van der Waals surface area contributed by atoms with Crippen molar-refractivity contribution < 1.29 is 4.39 Å². The fourth-order valence-corrected chi connectivity index (χ4v) is 2.61. The molecular formula is C14H21FN2. The summed E-state index contributed by atoms with van der Waals surface area (Å²) in [6.07, 6.45) is 3.68. The van der Waals surface area contributed by atoms with E-state index in [1.165, 1.54) is 30.5 Å². The fourth-order valence-electron chi connectivity index (χ4n) is 2.61. The first-order valence-electron chi connectivity index (χ1n) is 6.45. The molecule has 1 aliphatic heterocycles. The van der Waals surface area contributed by atoms with E-state index in [4.69, 9.17) is 5.73 Å². The van der Waals surface area contributed by atoms with Gasteiger partial charge in [0.25, 0.3) is 0 Å². The molecule has 94 valence electrons. The molecule has 0 spiro atoms. The normalized spacial score (nSPS) is 21.6. The Kier molecular flexibility index (Phi) is 4.51. The van der Waals surface area contributed by atoms with Crippen molar-refractivity contribution in [2.75, 3.05) is 19.6 Å². The van der Waals surface area contributed by atoms with Crippen LogP contribution in [0.15, 0.2) is 24.3 Å². The average Bonchev–Trinajstić information content (AvgIpc) is 2.33. The van der Waals surface area contributed by atoms with Crippen LogP contribution in [-0.4, -0.2) is 24.5 Å². The van der Waals surface area contributed by atoms with Crippen molar-refractivity contribution >= 4 is 0 Å². The van der Waals surface area contributed by atoms with Crippen molar-refractivity contribution in [1.82, 2.24) is 4.90 Å². The zero-order valence-corrected chi connectivity index (χ0v) is 10.2. The zero-order chi connectivity index (χ0) is 12.1. The second-order valence-corrected chi connectivity index (χ2v) is 4.95. The molecule has 2 rings (SSSR count). The second kappa shape index (κ2) is 6.12. The minimum absolute atomic E-state index is 0.159. The number of nitrogens with zero attached hydrogens (tertiary/aromatic N) is 1. The van der Waals surface area contributed by atoms with E-state index in [9.17, 15) is 4.39 Å². The van der Waals surface area contributed by atoms with Crippen LogP contribution < -0.4 is 5.73 Å². The van der Waals surface area contributed by atoms with Crippen LogP contribution in [0.25, 0.3) is 0 Å². The van der Waals surface area contributed by atoms with Crippen LogP contribution in [0, 0.1) is 11.7 Å². The molecule has 1 saturated heterocycles. The number of hydrogen-bond acceptors (Lipinski definition) is 2. The summed E-state index contributed by atoms with van der Waals surface area (Å²) in [5, 5.41) is 0. The van der Waals surface area contributed by atoms with Gasteiger partial charge in [0.1, 0.15) is 5.82 Å². The third-order valence-electron chi connectivity index (χ3n) is 3.50. The number of nitrogens with two attached hydrogens (primary N) is 1. The van der Waals surface area contributed by atoms with Crippen LogP contribution in [0.5, 0.6) is 0 Å². The smallest absolute Gasteiger partial charge is 0.123 e. The zero-order valence-electron chi connectivity index (χ0n) is 10.2. The van der Waals surface area contributed by atoms with Gasteiger partial charge in [-0.2, -0.15) is 0 Å². The third-order valence-corrected chi connectivity index (χ3v) is 3.50. The van der Waals surface area contributed by atoms with Gasteiger partial charge in [0, 0.05) is 13.1 Å². The molecule has 1 heterocycles. The van der Waals surface area contributed by atoms with E-state index >= 15 is 0 Å². The van der Waals surface area contributed by atoms with Crippen LogP contribution in [0.4, 0.5) is 4.39 Å². The molecule has 2 nitrogen and oxygen atoms in total. The molecule has 0 saturated carbocycles. The Bertz CT molecular complexity index is 335. The summed E-state index contributed by atoms with van der Waals surface area (Å²) < 4.78 is 12.8. The molecule has 1 unspecified atom stereocenters. The minimum atomic E-state index is -0.159. The molecule has 1 aromatic rings. The Labute approximate surface area is 103 Å². The summed E-state index contributed by atoms with van der Waals surface area (Å²) >= 11 is 0. The maximum absolute atomic E-state index is 12.8. The SMILES string of the molecule is NCCC1CCCN(Cc2ccc(F)cc2)C1. The highest BCUT2D eigenvalue weighted by molar-refractivity contribution is 5.15. The van der Waals surface area contributed by atoms with Gasteiger partial charge in [0.05, 0.1) is 0 Å². The van der Waals surface area contributed by atoms with Gasteiger partial charge in [-0.25, -0.2) is 4.39 Å². The summed E-state index contributed by atoms with van der Waals surface area (Å²) in [6.45, 7) is 4.00. The summed E-state index contributed by atoms with van der Waals surface area (Å²) in [5.41, 5.74) is 6.81. The van der Waals surface area contributed by atoms with Gasteiger partial charge in [-0.05, 0) is 56.0 Å². The standard InChI is InChI=1S/C14H21FN2/c15-14-5-3-13(4-6-14)11-17-9-1-2-12(10-17)7-8-16/h3-6,12H,1-2,7-11,16H2. The molecule has 0 amide bonds. The van der Waals surface area contributed by atoms with Crippen molar-refractivity contribution in [3.05, 3.63) is 35.6 Å². The molecule has 1 aromatic carbocycles. The van der Waals surface area contributed by atoms with E-state index in [0.29, 0.717) is 0 Å². The van der Waals surface area contributed by atoms with Crippen molar-refractivity contribution in [1.29, 1.82) is 0 Å². The predicted molar refractivity (Wildman–Crippen MR) is 68.1 cm³/mol. The first-order chi connectivity index (χ1) is 8.28. The lowest BCUT2D eigenvalue weighted by molar-refractivity contribution is 0.163. The molecule has 1 atom stereocenters. The van der Waals surface area contributed by atoms with Gasteiger partial charge in [0.2, 0.25) is 0 Å². The number of benzene rings is 1. The predicted octanol–water partition coefficient (Wildman–Crippen LogP) is 2.39. The molecule has 0 radical (unpaired) electrons. The lowest BCUT2D eigenvalue weighted by atomic mass is 9.94. The van der Waals surface area contributed by atoms with E-state index in [2.05, 4.69) is 4.90 Å². The van der Waals surface area contributed by atoms with E-state index in [0.717, 1.165) is 38.5 Å². The fraction of sp³-hybridized carbons (Fsp3) is 0.571. The largest absolute Gasteiger partial charge is 0.330 e. The summed E-state index contributed by atoms with van der Waals surface area (Å²) in [4.78, 5) is 2.46. The molecule has 2 N–H and O–H groups in total. The van der Waals surface area contributed by atoms with Gasteiger partial charge in [-0.3, -0.25) is 4.90 Å². The first kappa shape index (κ1) is 12.5. The Morgan fingerprint density at radius 2 is 2.06 bits per heavy atom. The highest BCUT2D eigenvalue weighted by Crippen LogP contribution is 2.20. The average molecular weight is 236 g/mol. The topological polar surface area (TPSA) is 29.3 Å². The maximum atomic E-state index is 12.8. The van der Waals surface area contributed by atoms with Crippen LogP contribution in [0.3, 0.4) is 0 Å². The molecule has 3 heteroatoms. The van der Waals surface area contributed by atoms with Gasteiger partial charge in [0.15, 0.2) is 0 Å². The first-order valence-corrected chi connectivity index (χ1v) is 6.45. The van der Waals surface area contributed by atoms with E-state index in [1.807, 2.05) is 12.1 Å². The van der Waals surface area contributed by atoms with E-state index in [1.54, 1.807) is 0 Å².